The number of hydrogen-bond acceptors (Lipinski definition) is 5. The van der Waals surface area contributed by atoms with Gasteiger partial charge in [-0.1, -0.05) is 61.2 Å². The number of hydrogen-bond donors (Lipinski definition) is 1. The van der Waals surface area contributed by atoms with Gasteiger partial charge in [0, 0.05) is 11.6 Å². The van der Waals surface area contributed by atoms with E-state index in [4.69, 9.17) is 15.2 Å². The molecule has 6 heteroatoms. The smallest absolute Gasteiger partial charge is 0.358 e. The standard InChI is InChI=1S/C28H31N3O3/c1-5-24(34-19-22-12-8-6-9-13-22)17-16-20(2)21(3)27(23-14-10-7-11-15-23)31-26(29)18-25(30-31)28(32)33-4/h5-8,10-12,14-18H,1,9,13,19,29H2,2-4H3/b20-16+,24-17+,27-21+. The number of esters is 1. The molecule has 1 aliphatic carbocycles. The van der Waals surface area contributed by atoms with E-state index < -0.39 is 5.97 Å². The van der Waals surface area contributed by atoms with Crippen molar-refractivity contribution in [2.24, 2.45) is 0 Å². The molecule has 0 saturated carbocycles. The molecule has 0 bridgehead atoms. The number of nitrogen functional groups attached to an aromatic ring is 1. The maximum Gasteiger partial charge on any atom is 0.358 e. The van der Waals surface area contributed by atoms with Crippen LogP contribution in [0.4, 0.5) is 5.82 Å². The van der Waals surface area contributed by atoms with Crippen LogP contribution in [-0.2, 0) is 9.47 Å². The normalized spacial score (nSPS) is 14.9. The van der Waals surface area contributed by atoms with Gasteiger partial charge < -0.3 is 15.2 Å². The molecule has 2 aromatic rings. The number of allylic oxidation sites excluding steroid dienone is 8. The molecule has 0 unspecified atom stereocenters. The molecule has 6 nitrogen and oxygen atoms in total. The fourth-order valence-electron chi connectivity index (χ4n) is 3.52. The van der Waals surface area contributed by atoms with Gasteiger partial charge in [0.05, 0.1) is 12.8 Å². The first-order valence-electron chi connectivity index (χ1n) is 11.1. The van der Waals surface area contributed by atoms with Crippen LogP contribution >= 0.6 is 0 Å². The first-order valence-corrected chi connectivity index (χ1v) is 11.1. The fraction of sp³-hybridized carbons (Fsp3) is 0.214. The number of methoxy groups -OCH3 is 1. The Bertz CT molecular complexity index is 1190. The summed E-state index contributed by atoms with van der Waals surface area (Å²) in [6.07, 6.45) is 14.0. The Hall–Kier alpha value is -4.06. The summed E-state index contributed by atoms with van der Waals surface area (Å²) in [5.41, 5.74) is 11.3. The first-order chi connectivity index (χ1) is 16.4. The highest BCUT2D eigenvalue weighted by Crippen LogP contribution is 2.28. The summed E-state index contributed by atoms with van der Waals surface area (Å²) in [6.45, 7) is 8.41. The number of anilines is 1. The van der Waals surface area contributed by atoms with Gasteiger partial charge in [-0.05, 0) is 55.6 Å². The average Bonchev–Trinajstić information content (AvgIpc) is 3.25. The van der Waals surface area contributed by atoms with Gasteiger partial charge in [-0.3, -0.25) is 0 Å². The van der Waals surface area contributed by atoms with E-state index in [1.165, 1.54) is 18.7 Å². The molecule has 0 radical (unpaired) electrons. The van der Waals surface area contributed by atoms with E-state index in [2.05, 4.69) is 29.9 Å². The van der Waals surface area contributed by atoms with Gasteiger partial charge in [-0.2, -0.15) is 5.10 Å². The van der Waals surface area contributed by atoms with Gasteiger partial charge in [-0.25, -0.2) is 9.48 Å². The Morgan fingerprint density at radius 2 is 2.00 bits per heavy atom. The molecule has 3 rings (SSSR count). The zero-order chi connectivity index (χ0) is 24.5. The Kier molecular flexibility index (Phi) is 8.46. The van der Waals surface area contributed by atoms with Crippen LogP contribution in [0.25, 0.3) is 5.70 Å². The lowest BCUT2D eigenvalue weighted by Gasteiger charge is -2.15. The van der Waals surface area contributed by atoms with Crippen molar-refractivity contribution in [1.82, 2.24) is 9.78 Å². The van der Waals surface area contributed by atoms with Gasteiger partial charge >= 0.3 is 5.97 Å². The van der Waals surface area contributed by atoms with Crippen LogP contribution in [0.3, 0.4) is 0 Å². The molecule has 1 aromatic heterocycles. The Morgan fingerprint density at radius 3 is 2.65 bits per heavy atom. The number of nitrogens with zero attached hydrogens (tertiary/aromatic N) is 2. The van der Waals surface area contributed by atoms with E-state index in [1.807, 2.05) is 56.3 Å². The minimum Gasteiger partial charge on any atom is -0.489 e. The average molecular weight is 458 g/mol. The maximum atomic E-state index is 12.0. The first kappa shape index (κ1) is 24.6. The van der Waals surface area contributed by atoms with Gasteiger partial charge in [0.2, 0.25) is 0 Å². The molecule has 2 N–H and O–H groups in total. The molecule has 176 valence electrons. The summed E-state index contributed by atoms with van der Waals surface area (Å²) < 4.78 is 12.3. The zero-order valence-electron chi connectivity index (χ0n) is 20.0. The largest absolute Gasteiger partial charge is 0.489 e. The van der Waals surface area contributed by atoms with Crippen LogP contribution in [0.2, 0.25) is 0 Å². The van der Waals surface area contributed by atoms with Gasteiger partial charge in [-0.15, -0.1) is 0 Å². The topological polar surface area (TPSA) is 79.4 Å². The number of benzene rings is 1. The molecule has 0 fully saturated rings. The summed E-state index contributed by atoms with van der Waals surface area (Å²) in [5, 5.41) is 4.42. The van der Waals surface area contributed by atoms with Crippen LogP contribution in [0.5, 0.6) is 0 Å². The molecule has 0 saturated heterocycles. The number of nitrogens with two attached hydrogens (primary N) is 1. The highest BCUT2D eigenvalue weighted by Gasteiger charge is 2.18. The second-order valence-corrected chi connectivity index (χ2v) is 7.90. The van der Waals surface area contributed by atoms with Crippen LogP contribution < -0.4 is 5.73 Å². The monoisotopic (exact) mass is 457 g/mol. The second-order valence-electron chi connectivity index (χ2n) is 7.90. The molecule has 0 spiro atoms. The molecular weight excluding hydrogens is 426 g/mol. The molecule has 1 aliphatic rings. The summed E-state index contributed by atoms with van der Waals surface area (Å²) in [5.74, 6) is 0.490. The zero-order valence-corrected chi connectivity index (χ0v) is 20.0. The van der Waals surface area contributed by atoms with Crippen LogP contribution in [0.15, 0.2) is 102 Å². The number of aromatic nitrogens is 2. The molecule has 1 aromatic carbocycles. The minimum absolute atomic E-state index is 0.150. The quantitative estimate of drug-likeness (QED) is 0.291. The molecule has 0 aliphatic heterocycles. The third kappa shape index (κ3) is 6.04. The summed E-state index contributed by atoms with van der Waals surface area (Å²) in [7, 11) is 1.32. The number of rotatable bonds is 9. The minimum atomic E-state index is -0.540. The van der Waals surface area contributed by atoms with Gasteiger partial charge in [0.1, 0.15) is 18.2 Å². The maximum absolute atomic E-state index is 12.0. The predicted molar refractivity (Wildman–Crippen MR) is 137 cm³/mol. The van der Waals surface area contributed by atoms with Crippen molar-refractivity contribution in [1.29, 1.82) is 0 Å². The highest BCUT2D eigenvalue weighted by molar-refractivity contribution is 5.89. The Balaban J connectivity index is 1.97. The third-order valence-electron chi connectivity index (χ3n) is 5.56. The predicted octanol–water partition coefficient (Wildman–Crippen LogP) is 5.84. The SMILES string of the molecule is C=C\C(=C/C=C(C)/C(C)=C(\c1ccccc1)n1nc(C(=O)OC)cc1N)OCC1=CC=CCC1. The van der Waals surface area contributed by atoms with Gasteiger partial charge in [0.15, 0.2) is 5.69 Å². The summed E-state index contributed by atoms with van der Waals surface area (Å²) in [4.78, 5) is 12.0. The molecular formula is C28H31N3O3. The lowest BCUT2D eigenvalue weighted by atomic mass is 10.0. The van der Waals surface area contributed by atoms with Crippen molar-refractivity contribution in [3.63, 3.8) is 0 Å². The third-order valence-corrected chi connectivity index (χ3v) is 5.56. The van der Waals surface area contributed by atoms with Crippen molar-refractivity contribution < 1.29 is 14.3 Å². The number of carbonyl (C=O) groups is 1. The second kappa shape index (κ2) is 11.7. The van der Waals surface area contributed by atoms with Crippen molar-refractivity contribution in [3.05, 3.63) is 113 Å². The van der Waals surface area contributed by atoms with Crippen LogP contribution in [0.1, 0.15) is 42.7 Å². The van der Waals surface area contributed by atoms with Gasteiger partial charge in [0.25, 0.3) is 0 Å². The van der Waals surface area contributed by atoms with E-state index in [0.717, 1.165) is 35.2 Å². The van der Waals surface area contributed by atoms with Crippen molar-refractivity contribution in [3.8, 4) is 0 Å². The van der Waals surface area contributed by atoms with Crippen molar-refractivity contribution in [2.75, 3.05) is 19.5 Å². The van der Waals surface area contributed by atoms with Crippen molar-refractivity contribution in [2.45, 2.75) is 26.7 Å². The highest BCUT2D eigenvalue weighted by atomic mass is 16.5. The molecule has 0 atom stereocenters. The van der Waals surface area contributed by atoms with E-state index in [9.17, 15) is 4.79 Å². The van der Waals surface area contributed by atoms with E-state index in [-0.39, 0.29) is 5.69 Å². The van der Waals surface area contributed by atoms with Crippen LogP contribution in [-0.4, -0.2) is 29.5 Å². The molecule has 0 amide bonds. The summed E-state index contributed by atoms with van der Waals surface area (Å²) in [6, 6.07) is 11.3. The lowest BCUT2D eigenvalue weighted by Crippen LogP contribution is -2.09. The van der Waals surface area contributed by atoms with E-state index in [0.29, 0.717) is 18.2 Å². The van der Waals surface area contributed by atoms with E-state index in [1.54, 1.807) is 10.8 Å². The number of ether oxygens (including phenoxy) is 2. The summed E-state index contributed by atoms with van der Waals surface area (Å²) >= 11 is 0. The van der Waals surface area contributed by atoms with Crippen LogP contribution in [0, 0.1) is 0 Å². The lowest BCUT2D eigenvalue weighted by molar-refractivity contribution is 0.0593. The molecule has 34 heavy (non-hydrogen) atoms. The van der Waals surface area contributed by atoms with Crippen molar-refractivity contribution >= 4 is 17.5 Å². The number of carbonyl (C=O) groups excluding carboxylic acids is 1. The Labute approximate surface area is 201 Å². The van der Waals surface area contributed by atoms with E-state index >= 15 is 0 Å². The fourth-order valence-corrected chi connectivity index (χ4v) is 3.52. The molecule has 1 heterocycles. The Morgan fingerprint density at radius 1 is 1.24 bits per heavy atom.